The van der Waals surface area contributed by atoms with Crippen molar-refractivity contribution in [3.8, 4) is 0 Å². The lowest BCUT2D eigenvalue weighted by atomic mass is 9.99. The van der Waals surface area contributed by atoms with Gasteiger partial charge in [-0.15, -0.1) is 0 Å². The van der Waals surface area contributed by atoms with Gasteiger partial charge in [0.05, 0.1) is 13.7 Å². The summed E-state index contributed by atoms with van der Waals surface area (Å²) in [6.45, 7) is 21.8. The summed E-state index contributed by atoms with van der Waals surface area (Å²) < 4.78 is 23.9. The molecule has 0 saturated heterocycles. The van der Waals surface area contributed by atoms with Gasteiger partial charge in [-0.1, -0.05) is 38.5 Å². The largest absolute Gasteiger partial charge is 0.497 e. The monoisotopic (exact) mass is 334 g/mol. The summed E-state index contributed by atoms with van der Waals surface area (Å²) in [5.41, 5.74) is 2.46. The van der Waals surface area contributed by atoms with Crippen LogP contribution in [0.25, 0.3) is 0 Å². The lowest BCUT2D eigenvalue weighted by molar-refractivity contribution is -0.104. The van der Waals surface area contributed by atoms with Crippen molar-refractivity contribution in [3.63, 3.8) is 0 Å². The lowest BCUT2D eigenvalue weighted by Crippen LogP contribution is -2.01. The first-order valence-electron chi connectivity index (χ1n) is 7.05. The number of rotatable bonds is 9. The molecule has 0 aromatic heterocycles. The van der Waals surface area contributed by atoms with E-state index in [9.17, 15) is 9.18 Å². The Balaban J connectivity index is 0. The Kier molecular flexibility index (Phi) is 12.9. The van der Waals surface area contributed by atoms with Crippen LogP contribution in [0.15, 0.2) is 84.5 Å². The van der Waals surface area contributed by atoms with E-state index in [1.54, 1.807) is 27.0 Å². The number of carbonyl (C=O) groups excluding carboxylic acids is 1. The van der Waals surface area contributed by atoms with Gasteiger partial charge in [-0.2, -0.15) is 0 Å². The minimum atomic E-state index is -0.470. The first-order chi connectivity index (χ1) is 11.1. The summed E-state index contributed by atoms with van der Waals surface area (Å²) in [4.78, 5) is 9.41. The van der Waals surface area contributed by atoms with Crippen molar-refractivity contribution in [2.75, 3.05) is 20.8 Å². The fourth-order valence-corrected chi connectivity index (χ4v) is 1.27. The molecular weight excluding hydrogens is 307 g/mol. The normalized spacial score (nSPS) is 10.9. The molecule has 3 nitrogen and oxygen atoms in total. The Morgan fingerprint density at radius 2 is 1.46 bits per heavy atom. The maximum Gasteiger partial charge on any atom is 0.145 e. The van der Waals surface area contributed by atoms with Crippen LogP contribution < -0.4 is 0 Å². The fraction of sp³-hybridized carbons (Fsp3) is 0.250. The van der Waals surface area contributed by atoms with E-state index in [-0.39, 0.29) is 12.2 Å². The predicted octanol–water partition coefficient (Wildman–Crippen LogP) is 5.02. The predicted molar refractivity (Wildman–Crippen MR) is 99.3 cm³/mol. The van der Waals surface area contributed by atoms with Crippen molar-refractivity contribution in [2.45, 2.75) is 13.8 Å². The Bertz CT molecular complexity index is 578. The van der Waals surface area contributed by atoms with Gasteiger partial charge in [-0.3, -0.25) is 4.79 Å². The summed E-state index contributed by atoms with van der Waals surface area (Å²) in [5.74, 6) is -0.0344. The van der Waals surface area contributed by atoms with E-state index in [1.165, 1.54) is 13.2 Å². The minimum absolute atomic E-state index is 0.190. The molecule has 0 amide bonds. The van der Waals surface area contributed by atoms with Crippen LogP contribution in [0.3, 0.4) is 0 Å². The lowest BCUT2D eigenvalue weighted by Gasteiger charge is -2.12. The molecule has 0 bridgehead atoms. The second-order valence-electron chi connectivity index (χ2n) is 5.03. The van der Waals surface area contributed by atoms with E-state index in [2.05, 4.69) is 32.9 Å². The van der Waals surface area contributed by atoms with E-state index in [1.807, 2.05) is 0 Å². The van der Waals surface area contributed by atoms with Crippen LogP contribution in [0.5, 0.6) is 0 Å². The van der Waals surface area contributed by atoms with Crippen LogP contribution in [-0.4, -0.2) is 27.1 Å². The van der Waals surface area contributed by atoms with Gasteiger partial charge >= 0.3 is 0 Å². The van der Waals surface area contributed by atoms with Gasteiger partial charge in [-0.25, -0.2) is 4.39 Å². The quantitative estimate of drug-likeness (QED) is 0.257. The topological polar surface area (TPSA) is 35.5 Å². The Morgan fingerprint density at radius 1 is 0.958 bits per heavy atom. The molecule has 0 aliphatic rings. The Hall–Kier alpha value is -2.46. The van der Waals surface area contributed by atoms with Crippen LogP contribution in [0.2, 0.25) is 0 Å². The average Bonchev–Trinajstić information content (AvgIpc) is 2.52. The maximum absolute atomic E-state index is 13.8. The van der Waals surface area contributed by atoms with Crippen molar-refractivity contribution in [3.05, 3.63) is 84.5 Å². The second kappa shape index (κ2) is 13.0. The highest BCUT2D eigenvalue weighted by Gasteiger charge is 2.11. The molecule has 0 heterocycles. The summed E-state index contributed by atoms with van der Waals surface area (Å²) in [6.07, 6.45) is 3.67. The zero-order valence-electron chi connectivity index (χ0n) is 15.1. The van der Waals surface area contributed by atoms with Crippen molar-refractivity contribution in [1.82, 2.24) is 0 Å². The SMILES string of the molecule is C=C(C)/C=C(/F)C(=C)C(=C)/C(=C\C(=C)OC)COC.C=C(C)C=O. The molecule has 0 saturated carbocycles. The first kappa shape index (κ1) is 23.8. The average molecular weight is 334 g/mol. The van der Waals surface area contributed by atoms with Gasteiger partial charge < -0.3 is 9.47 Å². The van der Waals surface area contributed by atoms with E-state index in [0.29, 0.717) is 28.1 Å². The van der Waals surface area contributed by atoms with Crippen LogP contribution in [-0.2, 0) is 14.3 Å². The molecule has 0 fully saturated rings. The summed E-state index contributed by atoms with van der Waals surface area (Å²) in [6, 6.07) is 0. The third kappa shape index (κ3) is 11.2. The second-order valence-corrected chi connectivity index (χ2v) is 5.03. The zero-order chi connectivity index (χ0) is 19.3. The molecule has 0 rings (SSSR count). The third-order valence-electron chi connectivity index (χ3n) is 2.51. The number of methoxy groups -OCH3 is 2. The molecule has 0 aliphatic heterocycles. The molecule has 0 unspecified atom stereocenters. The molecule has 0 aromatic rings. The van der Waals surface area contributed by atoms with Crippen LogP contribution in [0.4, 0.5) is 4.39 Å². The highest BCUT2D eigenvalue weighted by atomic mass is 19.1. The van der Waals surface area contributed by atoms with Gasteiger partial charge in [-0.05, 0) is 42.7 Å². The van der Waals surface area contributed by atoms with Gasteiger partial charge in [0.25, 0.3) is 0 Å². The van der Waals surface area contributed by atoms with E-state index in [0.717, 1.165) is 6.29 Å². The van der Waals surface area contributed by atoms with Crippen molar-refractivity contribution >= 4 is 6.29 Å². The van der Waals surface area contributed by atoms with Gasteiger partial charge in [0, 0.05) is 12.7 Å². The maximum atomic E-state index is 13.8. The number of hydrogen-bond acceptors (Lipinski definition) is 3. The Labute approximate surface area is 144 Å². The first-order valence-corrected chi connectivity index (χ1v) is 7.05. The fourth-order valence-electron chi connectivity index (χ4n) is 1.27. The molecule has 0 N–H and O–H groups in total. The van der Waals surface area contributed by atoms with Gasteiger partial charge in [0.15, 0.2) is 0 Å². The van der Waals surface area contributed by atoms with Crippen molar-refractivity contribution < 1.29 is 18.7 Å². The Morgan fingerprint density at radius 3 is 1.79 bits per heavy atom. The van der Waals surface area contributed by atoms with Crippen LogP contribution >= 0.6 is 0 Å². The van der Waals surface area contributed by atoms with Crippen LogP contribution in [0.1, 0.15) is 13.8 Å². The molecule has 0 aliphatic carbocycles. The molecular formula is C20H27FO3. The van der Waals surface area contributed by atoms with Crippen molar-refractivity contribution in [2.24, 2.45) is 0 Å². The molecule has 24 heavy (non-hydrogen) atoms. The van der Waals surface area contributed by atoms with Crippen molar-refractivity contribution in [1.29, 1.82) is 0 Å². The summed E-state index contributed by atoms with van der Waals surface area (Å²) in [7, 11) is 3.04. The number of carbonyl (C=O) groups is 1. The number of aldehydes is 1. The third-order valence-corrected chi connectivity index (χ3v) is 2.51. The number of halogens is 1. The molecule has 0 spiro atoms. The zero-order valence-corrected chi connectivity index (χ0v) is 15.1. The van der Waals surface area contributed by atoms with Crippen LogP contribution in [0, 0.1) is 0 Å². The number of hydrogen-bond donors (Lipinski definition) is 0. The number of allylic oxidation sites excluding steroid dienone is 6. The van der Waals surface area contributed by atoms with E-state index < -0.39 is 5.83 Å². The highest BCUT2D eigenvalue weighted by molar-refractivity contribution is 5.70. The number of ether oxygens (including phenoxy) is 2. The standard InChI is InChI=1S/C16H21FO2.C4H6O/c1-11(2)8-16(17)14(5)13(4)15(10-18-6)9-12(3)19-7;1-4(2)3-5/h8-9H,1,3-5,10H2,2,6-7H3;3H,1H2,2H3/b15-9-,16-8+;. The summed E-state index contributed by atoms with van der Waals surface area (Å²) >= 11 is 0. The molecule has 0 radical (unpaired) electrons. The molecule has 0 aromatic carbocycles. The highest BCUT2D eigenvalue weighted by Crippen LogP contribution is 2.25. The molecule has 132 valence electrons. The molecule has 0 atom stereocenters. The smallest absolute Gasteiger partial charge is 0.145 e. The van der Waals surface area contributed by atoms with Gasteiger partial charge in [0.1, 0.15) is 17.9 Å². The summed E-state index contributed by atoms with van der Waals surface area (Å²) in [5, 5.41) is 0. The van der Waals surface area contributed by atoms with E-state index >= 15 is 0 Å². The molecule has 4 heteroatoms. The van der Waals surface area contributed by atoms with E-state index in [4.69, 9.17) is 9.47 Å². The minimum Gasteiger partial charge on any atom is -0.497 e. The van der Waals surface area contributed by atoms with Gasteiger partial charge in [0.2, 0.25) is 0 Å².